The highest BCUT2D eigenvalue weighted by Gasteiger charge is 2.31. The average Bonchev–Trinajstić information content (AvgIpc) is 3.56. The summed E-state index contributed by atoms with van der Waals surface area (Å²) in [5, 5.41) is 16.1. The van der Waals surface area contributed by atoms with E-state index in [0.717, 1.165) is 11.1 Å². The number of nitrogens with one attached hydrogen (secondary N) is 4. The molecule has 14 nitrogen and oxygen atoms in total. The molecule has 0 fully saturated rings. The largest absolute Gasteiger partial charge is 0.492 e. The van der Waals surface area contributed by atoms with Gasteiger partial charge in [-0.1, -0.05) is 68.4 Å². The van der Waals surface area contributed by atoms with Gasteiger partial charge in [0.15, 0.2) is 5.82 Å². The normalized spacial score (nSPS) is 19.0. The van der Waals surface area contributed by atoms with Gasteiger partial charge in [0, 0.05) is 12.0 Å². The molecule has 0 aliphatic carbocycles. The highest BCUT2D eigenvalue weighted by molar-refractivity contribution is 5.98. The van der Waals surface area contributed by atoms with Crippen molar-refractivity contribution in [3.8, 4) is 17.1 Å². The molecule has 3 aromatic carbocycles. The fourth-order valence-corrected chi connectivity index (χ4v) is 5.67. The lowest BCUT2D eigenvalue weighted by Crippen LogP contribution is -2.56. The number of amides is 4. The lowest BCUT2D eigenvalue weighted by Gasteiger charge is -2.26. The van der Waals surface area contributed by atoms with Crippen molar-refractivity contribution < 1.29 is 23.9 Å². The number of fused-ring (bicyclic) bond motifs is 15. The molecule has 0 saturated carbocycles. The van der Waals surface area contributed by atoms with Crippen LogP contribution in [0.1, 0.15) is 48.7 Å². The minimum Gasteiger partial charge on any atom is -0.492 e. The summed E-state index contributed by atoms with van der Waals surface area (Å²) in [6.07, 6.45) is 1.48. The van der Waals surface area contributed by atoms with Crippen LogP contribution >= 0.6 is 0 Å². The monoisotopic (exact) mass is 689 g/mol. The van der Waals surface area contributed by atoms with Crippen molar-refractivity contribution in [3.05, 3.63) is 102 Å². The summed E-state index contributed by atoms with van der Waals surface area (Å²) >= 11 is 0. The van der Waals surface area contributed by atoms with Gasteiger partial charge in [0.25, 0.3) is 5.91 Å². The maximum atomic E-state index is 14.0. The third-order valence-corrected chi connectivity index (χ3v) is 8.38. The van der Waals surface area contributed by atoms with E-state index in [1.54, 1.807) is 49.4 Å². The highest BCUT2D eigenvalue weighted by Crippen LogP contribution is 2.20. The van der Waals surface area contributed by atoms with Gasteiger partial charge in [0.2, 0.25) is 17.7 Å². The molecule has 4 amide bonds. The van der Waals surface area contributed by atoms with Gasteiger partial charge < -0.3 is 26.0 Å². The van der Waals surface area contributed by atoms with Crippen molar-refractivity contribution in [3.63, 3.8) is 0 Å². The summed E-state index contributed by atoms with van der Waals surface area (Å²) in [7, 11) is 0. The van der Waals surface area contributed by atoms with Crippen molar-refractivity contribution in [1.29, 1.82) is 0 Å². The zero-order valence-corrected chi connectivity index (χ0v) is 28.5. The van der Waals surface area contributed by atoms with Crippen LogP contribution in [-0.4, -0.2) is 73.6 Å². The molecule has 4 heterocycles. The summed E-state index contributed by atoms with van der Waals surface area (Å²) < 4.78 is 7.30. The first-order chi connectivity index (χ1) is 24.6. The van der Waals surface area contributed by atoms with Gasteiger partial charge in [-0.2, -0.15) is 5.10 Å². The molecule has 0 spiro atoms. The molecule has 2 aromatic heterocycles. The van der Waals surface area contributed by atoms with E-state index in [2.05, 4.69) is 36.3 Å². The van der Waals surface area contributed by atoms with Gasteiger partial charge >= 0.3 is 0 Å². The molecule has 14 heteroatoms. The maximum Gasteiger partial charge on any atom is 0.272 e. The van der Waals surface area contributed by atoms with Crippen LogP contribution in [0.3, 0.4) is 0 Å². The zero-order valence-electron chi connectivity index (χ0n) is 28.5. The highest BCUT2D eigenvalue weighted by atomic mass is 16.5. The Morgan fingerprint density at radius 2 is 1.63 bits per heavy atom. The number of para-hydroxylation sites is 2. The van der Waals surface area contributed by atoms with Crippen molar-refractivity contribution in [2.45, 2.75) is 51.9 Å². The quantitative estimate of drug-likeness (QED) is 0.221. The molecular weight excluding hydrogens is 650 g/mol. The molecule has 0 radical (unpaired) electrons. The fraction of sp³-hybridized carbons (Fsp3) is 0.297. The topological polar surface area (TPSA) is 182 Å². The number of aromatic nitrogens is 5. The van der Waals surface area contributed by atoms with Gasteiger partial charge in [-0.05, 0) is 42.7 Å². The molecule has 4 N–H and O–H groups in total. The lowest BCUT2D eigenvalue weighted by atomic mass is 10.0. The van der Waals surface area contributed by atoms with E-state index in [1.165, 1.54) is 10.9 Å². The summed E-state index contributed by atoms with van der Waals surface area (Å²) in [4.78, 5) is 67.7. The molecule has 5 aromatic rings. The lowest BCUT2D eigenvalue weighted by molar-refractivity contribution is -0.131. The summed E-state index contributed by atoms with van der Waals surface area (Å²) in [6.45, 7) is 5.67. The Balaban J connectivity index is 1.29. The number of nitrogens with zero attached hydrogens (tertiary/aromatic N) is 5. The Labute approximate surface area is 294 Å². The van der Waals surface area contributed by atoms with Gasteiger partial charge in [0.05, 0.1) is 29.8 Å². The van der Waals surface area contributed by atoms with Crippen LogP contribution in [0.25, 0.3) is 22.4 Å². The summed E-state index contributed by atoms with van der Waals surface area (Å²) in [6, 6.07) is 20.8. The molecule has 0 unspecified atom stereocenters. The van der Waals surface area contributed by atoms with Gasteiger partial charge in [-0.3, -0.25) is 24.2 Å². The number of rotatable bonds is 4. The van der Waals surface area contributed by atoms with Crippen LogP contribution in [-0.2, 0) is 27.3 Å². The van der Waals surface area contributed by atoms with Crippen molar-refractivity contribution >= 4 is 34.7 Å². The Morgan fingerprint density at radius 1 is 0.902 bits per heavy atom. The van der Waals surface area contributed by atoms with E-state index in [-0.39, 0.29) is 43.6 Å². The second-order valence-electron chi connectivity index (χ2n) is 12.6. The van der Waals surface area contributed by atoms with Crippen molar-refractivity contribution in [1.82, 2.24) is 46.0 Å². The first-order valence-electron chi connectivity index (χ1n) is 16.8. The average molecular weight is 690 g/mol. The van der Waals surface area contributed by atoms with Gasteiger partial charge in [0.1, 0.15) is 42.5 Å². The Hall–Kier alpha value is -6.18. The third-order valence-electron chi connectivity index (χ3n) is 8.38. The predicted octanol–water partition coefficient (Wildman–Crippen LogP) is 2.76. The van der Waals surface area contributed by atoms with Crippen LogP contribution in [0.5, 0.6) is 5.75 Å². The summed E-state index contributed by atoms with van der Waals surface area (Å²) in [5.41, 5.74) is 2.71. The first-order valence-corrected chi connectivity index (χ1v) is 16.8. The summed E-state index contributed by atoms with van der Waals surface area (Å²) in [5.74, 6) is -0.921. The van der Waals surface area contributed by atoms with Crippen LogP contribution in [0, 0.1) is 5.92 Å². The van der Waals surface area contributed by atoms with Crippen LogP contribution in [0.4, 0.5) is 0 Å². The van der Waals surface area contributed by atoms with E-state index >= 15 is 0 Å². The Bertz CT molecular complexity index is 2030. The number of hydrogen-bond acceptors (Lipinski definition) is 9. The van der Waals surface area contributed by atoms with Crippen molar-refractivity contribution in [2.24, 2.45) is 5.92 Å². The van der Waals surface area contributed by atoms with E-state index in [9.17, 15) is 19.2 Å². The zero-order chi connectivity index (χ0) is 35.9. The van der Waals surface area contributed by atoms with E-state index in [1.807, 2.05) is 50.2 Å². The number of hydrogen-bond donors (Lipinski definition) is 4. The smallest absolute Gasteiger partial charge is 0.272 e. The number of carbonyl (C=O) groups is 4. The minimum absolute atomic E-state index is 0.0507. The van der Waals surface area contributed by atoms with Gasteiger partial charge in [-0.15, -0.1) is 0 Å². The van der Waals surface area contributed by atoms with E-state index in [4.69, 9.17) is 9.72 Å². The standard InChI is InChI=1S/C37H39N9O5/c1-22(2)32-37(50)40-23(3)34-44-33(25-9-5-4-6-10-25)45-46(34)21-31(47)38-17-18-51-26-15-13-24(14-16-26)19-29(35(48)43-32)42-36(49)30-20-39-27-11-7-8-12-28(27)41-30/h4-16,20,22-23,29,32H,17-19,21H2,1-3H3,(H,38,47)(H,40,50)(H,42,49)(H,43,48)/t23-,29-,32+/m0/s1. The second-order valence-corrected chi connectivity index (χ2v) is 12.6. The second kappa shape index (κ2) is 15.6. The molecule has 0 saturated heterocycles. The number of ether oxygens (including phenoxy) is 1. The van der Waals surface area contributed by atoms with Crippen LogP contribution in [0.15, 0.2) is 85.1 Å². The predicted molar refractivity (Wildman–Crippen MR) is 188 cm³/mol. The third kappa shape index (κ3) is 8.52. The van der Waals surface area contributed by atoms with Gasteiger partial charge in [-0.25, -0.2) is 14.6 Å². The van der Waals surface area contributed by atoms with Crippen LogP contribution < -0.4 is 26.0 Å². The number of carbonyl (C=O) groups excluding carboxylic acids is 4. The fourth-order valence-electron chi connectivity index (χ4n) is 5.67. The molecule has 2 aliphatic rings. The molecular formula is C37H39N9O5. The van der Waals surface area contributed by atoms with E-state index < -0.39 is 35.8 Å². The molecule has 3 atom stereocenters. The maximum absolute atomic E-state index is 14.0. The first kappa shape index (κ1) is 34.7. The van der Waals surface area contributed by atoms with Crippen LogP contribution in [0.2, 0.25) is 0 Å². The Morgan fingerprint density at radius 3 is 2.37 bits per heavy atom. The van der Waals surface area contributed by atoms with E-state index in [0.29, 0.717) is 28.4 Å². The van der Waals surface area contributed by atoms with Crippen molar-refractivity contribution in [2.75, 3.05) is 13.2 Å². The molecule has 2 bridgehead atoms. The molecule has 2 aliphatic heterocycles. The number of benzene rings is 3. The molecule has 7 rings (SSSR count). The molecule has 51 heavy (non-hydrogen) atoms. The SMILES string of the molecule is CC(C)[C@H]1NC(=O)[C@@H](NC(=O)c2cnc3ccccc3n2)Cc2ccc(cc2)OCCNC(=O)Cn2nc(-c3ccccc3)nc2[C@H](C)NC1=O. The Kier molecular flexibility index (Phi) is 10.6. The minimum atomic E-state index is -1.07. The molecule has 262 valence electrons.